The maximum atomic E-state index is 10.5. The summed E-state index contributed by atoms with van der Waals surface area (Å²) in [5.41, 5.74) is 1.12. The van der Waals surface area contributed by atoms with E-state index in [1.165, 1.54) is 18.9 Å². The van der Waals surface area contributed by atoms with E-state index in [-0.39, 0.29) is 12.4 Å². The van der Waals surface area contributed by atoms with E-state index in [0.717, 1.165) is 18.4 Å². The second-order valence-electron chi connectivity index (χ2n) is 4.10. The number of carbonyl (C=O) groups is 1. The first-order chi connectivity index (χ1) is 6.16. The van der Waals surface area contributed by atoms with E-state index in [1.54, 1.807) is 0 Å². The van der Waals surface area contributed by atoms with Gasteiger partial charge in [0.1, 0.15) is 0 Å². The van der Waals surface area contributed by atoms with Crippen LogP contribution in [-0.4, -0.2) is 35.1 Å². The third-order valence-corrected chi connectivity index (χ3v) is 3.31. The first-order valence-electron chi connectivity index (χ1n) is 4.81. The summed E-state index contributed by atoms with van der Waals surface area (Å²) >= 11 is 0. The zero-order chi connectivity index (χ0) is 9.42. The summed E-state index contributed by atoms with van der Waals surface area (Å²) in [6.07, 6.45) is 5.78. The second-order valence-corrected chi connectivity index (χ2v) is 4.10. The minimum atomic E-state index is -0.793. The van der Waals surface area contributed by atoms with Gasteiger partial charge < -0.3 is 5.11 Å². The molecule has 14 heavy (non-hydrogen) atoms. The van der Waals surface area contributed by atoms with Gasteiger partial charge in [0.15, 0.2) is 0 Å². The van der Waals surface area contributed by atoms with Crippen molar-refractivity contribution in [2.75, 3.05) is 7.05 Å². The lowest BCUT2D eigenvalue weighted by molar-refractivity contribution is -0.131. The third-order valence-electron chi connectivity index (χ3n) is 3.31. The lowest BCUT2D eigenvalue weighted by Crippen LogP contribution is -2.37. The highest BCUT2D eigenvalue weighted by atomic mass is 35.5. The van der Waals surface area contributed by atoms with Gasteiger partial charge in [-0.1, -0.05) is 5.57 Å². The van der Waals surface area contributed by atoms with Crippen LogP contribution in [0.15, 0.2) is 11.6 Å². The molecule has 80 valence electrons. The lowest BCUT2D eigenvalue weighted by atomic mass is 9.97. The molecule has 2 saturated heterocycles. The van der Waals surface area contributed by atoms with E-state index in [4.69, 9.17) is 5.11 Å². The SMILES string of the molecule is CN1C2CCC1CC(=CC(=O)O)C2.Cl. The molecule has 0 amide bonds. The number of halogens is 1. The molecule has 1 N–H and O–H groups in total. The molecule has 2 aliphatic rings. The minimum absolute atomic E-state index is 0. The lowest BCUT2D eigenvalue weighted by Gasteiger charge is -2.32. The topological polar surface area (TPSA) is 40.5 Å². The average molecular weight is 218 g/mol. The molecule has 0 radical (unpaired) electrons. The van der Waals surface area contributed by atoms with Gasteiger partial charge in [0, 0.05) is 18.2 Å². The number of nitrogens with zero attached hydrogens (tertiary/aromatic N) is 1. The Balaban J connectivity index is 0.000000980. The predicted octanol–water partition coefficient (Wildman–Crippen LogP) is 1.68. The van der Waals surface area contributed by atoms with Crippen LogP contribution in [0.25, 0.3) is 0 Å². The summed E-state index contributed by atoms with van der Waals surface area (Å²) in [6.45, 7) is 0. The monoisotopic (exact) mass is 217 g/mol. The molecule has 2 bridgehead atoms. The zero-order valence-electron chi connectivity index (χ0n) is 8.27. The second kappa shape index (κ2) is 4.32. The number of hydrogen-bond donors (Lipinski definition) is 1. The molecule has 0 spiro atoms. The van der Waals surface area contributed by atoms with E-state index >= 15 is 0 Å². The van der Waals surface area contributed by atoms with Crippen molar-refractivity contribution < 1.29 is 9.90 Å². The van der Waals surface area contributed by atoms with Gasteiger partial charge in [-0.15, -0.1) is 12.4 Å². The van der Waals surface area contributed by atoms with Gasteiger partial charge in [-0.05, 0) is 32.7 Å². The van der Waals surface area contributed by atoms with Crippen LogP contribution in [0.1, 0.15) is 25.7 Å². The van der Waals surface area contributed by atoms with Crippen molar-refractivity contribution >= 4 is 18.4 Å². The van der Waals surface area contributed by atoms with Crippen LogP contribution in [0.5, 0.6) is 0 Å². The van der Waals surface area contributed by atoms with Gasteiger partial charge in [0.25, 0.3) is 0 Å². The molecular weight excluding hydrogens is 202 g/mol. The molecule has 3 nitrogen and oxygen atoms in total. The molecule has 2 unspecified atom stereocenters. The minimum Gasteiger partial charge on any atom is -0.478 e. The highest BCUT2D eigenvalue weighted by Crippen LogP contribution is 2.36. The Bertz CT molecular complexity index is 249. The molecule has 0 aliphatic carbocycles. The summed E-state index contributed by atoms with van der Waals surface area (Å²) in [5.74, 6) is -0.793. The molecular formula is C10H16ClNO2. The smallest absolute Gasteiger partial charge is 0.328 e. The Labute approximate surface area is 90.2 Å². The summed E-state index contributed by atoms with van der Waals surface area (Å²) in [4.78, 5) is 12.9. The number of piperidine rings is 1. The van der Waals surface area contributed by atoms with Gasteiger partial charge in [-0.3, -0.25) is 4.90 Å². The molecule has 0 saturated carbocycles. The fourth-order valence-corrected chi connectivity index (χ4v) is 2.56. The molecule has 2 fully saturated rings. The largest absolute Gasteiger partial charge is 0.478 e. The summed E-state index contributed by atoms with van der Waals surface area (Å²) < 4.78 is 0. The molecule has 4 heteroatoms. The number of carboxylic acid groups (broad SMARTS) is 1. The first kappa shape index (κ1) is 11.5. The Morgan fingerprint density at radius 1 is 1.43 bits per heavy atom. The fraction of sp³-hybridized carbons (Fsp3) is 0.700. The standard InChI is InChI=1S/C10H15NO2.ClH/c1-11-8-2-3-9(11)5-7(4-8)6-10(12)13;/h6,8-9H,2-5H2,1H3,(H,12,13);1H. The molecule has 2 atom stereocenters. The number of rotatable bonds is 1. The van der Waals surface area contributed by atoms with Gasteiger partial charge in [0.2, 0.25) is 0 Å². The van der Waals surface area contributed by atoms with Crippen molar-refractivity contribution in [1.29, 1.82) is 0 Å². The number of carboxylic acids is 1. The van der Waals surface area contributed by atoms with Crippen molar-refractivity contribution in [1.82, 2.24) is 4.90 Å². The maximum Gasteiger partial charge on any atom is 0.328 e. The number of fused-ring (bicyclic) bond motifs is 2. The molecule has 0 aromatic carbocycles. The molecule has 0 aromatic rings. The van der Waals surface area contributed by atoms with Gasteiger partial charge >= 0.3 is 5.97 Å². The highest BCUT2D eigenvalue weighted by Gasteiger charge is 2.35. The Morgan fingerprint density at radius 2 is 1.93 bits per heavy atom. The Kier molecular flexibility index (Phi) is 3.56. The van der Waals surface area contributed by atoms with Crippen molar-refractivity contribution in [3.8, 4) is 0 Å². The quantitative estimate of drug-likeness (QED) is 0.680. The zero-order valence-corrected chi connectivity index (χ0v) is 9.09. The van der Waals surface area contributed by atoms with Gasteiger partial charge in [-0.2, -0.15) is 0 Å². The Hall–Kier alpha value is -0.540. The molecule has 2 rings (SSSR count). The maximum absolute atomic E-state index is 10.5. The first-order valence-corrected chi connectivity index (χ1v) is 4.81. The van der Waals surface area contributed by atoms with Crippen molar-refractivity contribution in [3.63, 3.8) is 0 Å². The number of aliphatic carboxylic acids is 1. The number of hydrogen-bond acceptors (Lipinski definition) is 2. The van der Waals surface area contributed by atoms with Crippen LogP contribution in [0.3, 0.4) is 0 Å². The van der Waals surface area contributed by atoms with E-state index in [9.17, 15) is 4.79 Å². The van der Waals surface area contributed by atoms with Gasteiger partial charge in [0.05, 0.1) is 0 Å². The average Bonchev–Trinajstić information content (AvgIpc) is 2.33. The van der Waals surface area contributed by atoms with E-state index in [0.29, 0.717) is 12.1 Å². The molecule has 2 heterocycles. The molecule has 2 aliphatic heterocycles. The summed E-state index contributed by atoms with van der Waals surface area (Å²) in [6, 6.07) is 1.20. The van der Waals surface area contributed by atoms with E-state index < -0.39 is 5.97 Å². The highest BCUT2D eigenvalue weighted by molar-refractivity contribution is 5.85. The van der Waals surface area contributed by atoms with Crippen LogP contribution in [0.4, 0.5) is 0 Å². The molecule has 0 aromatic heterocycles. The van der Waals surface area contributed by atoms with Crippen LogP contribution in [0, 0.1) is 0 Å². The fourth-order valence-electron chi connectivity index (χ4n) is 2.56. The van der Waals surface area contributed by atoms with Crippen molar-refractivity contribution in [2.24, 2.45) is 0 Å². The Morgan fingerprint density at radius 3 is 2.36 bits per heavy atom. The predicted molar refractivity (Wildman–Crippen MR) is 56.8 cm³/mol. The summed E-state index contributed by atoms with van der Waals surface area (Å²) in [7, 11) is 2.15. The van der Waals surface area contributed by atoms with Crippen molar-refractivity contribution in [3.05, 3.63) is 11.6 Å². The normalized spacial score (nSPS) is 31.1. The van der Waals surface area contributed by atoms with Gasteiger partial charge in [-0.25, -0.2) is 4.79 Å². The summed E-state index contributed by atoms with van der Waals surface area (Å²) in [5, 5.41) is 8.63. The van der Waals surface area contributed by atoms with E-state index in [1.807, 2.05) is 0 Å². The third kappa shape index (κ3) is 2.10. The van der Waals surface area contributed by atoms with Crippen LogP contribution < -0.4 is 0 Å². The van der Waals surface area contributed by atoms with Crippen LogP contribution in [-0.2, 0) is 4.79 Å². The van der Waals surface area contributed by atoms with Crippen molar-refractivity contribution in [2.45, 2.75) is 37.8 Å². The van der Waals surface area contributed by atoms with Crippen LogP contribution in [0.2, 0.25) is 0 Å². The van der Waals surface area contributed by atoms with E-state index in [2.05, 4.69) is 11.9 Å². The van der Waals surface area contributed by atoms with Crippen LogP contribution >= 0.6 is 12.4 Å².